The van der Waals surface area contributed by atoms with Crippen molar-refractivity contribution in [1.82, 2.24) is 9.80 Å². The standard InChI is InChI=1S/C27H41N3O6S2/c1-19-16-30(20(2)18-31)27(32)23-15-22(28-38(33,34)26-10-8-14-37-26)11-12-24(23)36-21(3)9-6-7-13-35-25(19)17-29(4)5/h8,10-12,14-15,19-21,25,28,31H,6-7,9,13,16-18H2,1-5H3/t19-,20+,21+,25-/m1/s1. The van der Waals surface area contributed by atoms with E-state index in [4.69, 9.17) is 9.47 Å². The number of aliphatic hydroxyl groups excluding tert-OH is 1. The Balaban J connectivity index is 2.01. The fourth-order valence-corrected chi connectivity index (χ4v) is 6.47. The van der Waals surface area contributed by atoms with Crippen LogP contribution in [0.1, 0.15) is 50.4 Å². The van der Waals surface area contributed by atoms with Gasteiger partial charge in [0.15, 0.2) is 0 Å². The first-order chi connectivity index (χ1) is 18.0. The van der Waals surface area contributed by atoms with Crippen molar-refractivity contribution in [3.05, 3.63) is 41.3 Å². The van der Waals surface area contributed by atoms with E-state index in [0.29, 0.717) is 25.4 Å². The Morgan fingerprint density at radius 2 is 2.00 bits per heavy atom. The van der Waals surface area contributed by atoms with Crippen LogP contribution in [-0.2, 0) is 14.8 Å². The summed E-state index contributed by atoms with van der Waals surface area (Å²) in [5.74, 6) is 0.0445. The summed E-state index contributed by atoms with van der Waals surface area (Å²) in [6.45, 7) is 7.29. The van der Waals surface area contributed by atoms with Gasteiger partial charge in [0.05, 0.1) is 30.4 Å². The maximum atomic E-state index is 14.0. The van der Waals surface area contributed by atoms with Crippen molar-refractivity contribution >= 4 is 33.0 Å². The number of nitrogens with zero attached hydrogens (tertiary/aromatic N) is 2. The summed E-state index contributed by atoms with van der Waals surface area (Å²) >= 11 is 1.12. The van der Waals surface area contributed by atoms with Crippen LogP contribution in [0.4, 0.5) is 5.69 Å². The van der Waals surface area contributed by atoms with Crippen molar-refractivity contribution in [2.45, 2.75) is 62.5 Å². The molecule has 4 atom stereocenters. The second kappa shape index (κ2) is 13.7. The summed E-state index contributed by atoms with van der Waals surface area (Å²) in [6, 6.07) is 7.51. The molecule has 0 saturated heterocycles. The average Bonchev–Trinajstić information content (AvgIpc) is 3.42. The fourth-order valence-electron chi connectivity index (χ4n) is 4.43. The highest BCUT2D eigenvalue weighted by Gasteiger charge is 2.30. The van der Waals surface area contributed by atoms with Crippen molar-refractivity contribution in [2.24, 2.45) is 5.92 Å². The molecule has 0 saturated carbocycles. The van der Waals surface area contributed by atoms with Gasteiger partial charge in [0, 0.05) is 31.3 Å². The number of fused-ring (bicyclic) bond motifs is 1. The molecule has 0 unspecified atom stereocenters. The number of thiophene rings is 1. The molecule has 11 heteroatoms. The lowest BCUT2D eigenvalue weighted by Crippen LogP contribution is -2.47. The first-order valence-corrected chi connectivity index (χ1v) is 15.4. The van der Waals surface area contributed by atoms with Crippen LogP contribution in [0.25, 0.3) is 0 Å². The number of hydrogen-bond acceptors (Lipinski definition) is 8. The second-order valence-corrected chi connectivity index (χ2v) is 13.2. The highest BCUT2D eigenvalue weighted by Crippen LogP contribution is 2.30. The van der Waals surface area contributed by atoms with Gasteiger partial charge in [0.1, 0.15) is 9.96 Å². The molecule has 1 aliphatic heterocycles. The van der Waals surface area contributed by atoms with Crippen molar-refractivity contribution in [2.75, 3.05) is 45.1 Å². The number of carbonyl (C=O) groups is 1. The van der Waals surface area contributed by atoms with E-state index in [2.05, 4.69) is 16.5 Å². The van der Waals surface area contributed by atoms with E-state index in [1.165, 1.54) is 12.1 Å². The SMILES string of the molecule is C[C@@H]1CN([C@@H](C)CO)C(=O)c2cc(NS(=O)(=O)c3cccs3)ccc2O[C@@H](C)CCCCO[C@@H]1CN(C)C. The molecule has 3 rings (SSSR count). The molecule has 1 aromatic heterocycles. The van der Waals surface area contributed by atoms with Gasteiger partial charge in [-0.05, 0) is 76.9 Å². The predicted molar refractivity (Wildman–Crippen MR) is 151 cm³/mol. The normalized spacial score (nSPS) is 22.9. The topological polar surface area (TPSA) is 108 Å². The number of benzene rings is 1. The molecule has 2 N–H and O–H groups in total. The maximum absolute atomic E-state index is 14.0. The number of ether oxygens (including phenoxy) is 2. The van der Waals surface area contributed by atoms with Gasteiger partial charge in [-0.15, -0.1) is 11.3 Å². The van der Waals surface area contributed by atoms with E-state index < -0.39 is 16.1 Å². The van der Waals surface area contributed by atoms with Crippen LogP contribution in [0, 0.1) is 5.92 Å². The first kappa shape index (κ1) is 30.4. The van der Waals surface area contributed by atoms with Gasteiger partial charge in [-0.25, -0.2) is 8.42 Å². The highest BCUT2D eigenvalue weighted by atomic mass is 32.2. The van der Waals surface area contributed by atoms with Crippen molar-refractivity contribution in [3.63, 3.8) is 0 Å². The Morgan fingerprint density at radius 3 is 2.66 bits per heavy atom. The molecule has 0 spiro atoms. The lowest BCUT2D eigenvalue weighted by molar-refractivity contribution is -0.0137. The zero-order valence-electron chi connectivity index (χ0n) is 22.9. The lowest BCUT2D eigenvalue weighted by Gasteiger charge is -2.35. The monoisotopic (exact) mass is 567 g/mol. The van der Waals surface area contributed by atoms with Crippen LogP contribution in [-0.4, -0.2) is 87.9 Å². The number of rotatable bonds is 7. The Kier molecular flexibility index (Phi) is 11.0. The van der Waals surface area contributed by atoms with Gasteiger partial charge >= 0.3 is 0 Å². The number of carbonyl (C=O) groups excluding carboxylic acids is 1. The Hall–Kier alpha value is -2.18. The van der Waals surface area contributed by atoms with Gasteiger partial charge in [-0.1, -0.05) is 13.0 Å². The zero-order chi connectivity index (χ0) is 27.9. The summed E-state index contributed by atoms with van der Waals surface area (Å²) in [5, 5.41) is 11.7. The smallest absolute Gasteiger partial charge is 0.271 e. The molecule has 0 fully saturated rings. The summed E-state index contributed by atoms with van der Waals surface area (Å²) < 4.78 is 40.9. The number of hydrogen-bond donors (Lipinski definition) is 2. The van der Waals surface area contributed by atoms with E-state index >= 15 is 0 Å². The summed E-state index contributed by atoms with van der Waals surface area (Å²) in [4.78, 5) is 17.7. The summed E-state index contributed by atoms with van der Waals surface area (Å²) in [7, 11) is 0.195. The third kappa shape index (κ3) is 8.16. The van der Waals surface area contributed by atoms with E-state index in [0.717, 1.165) is 30.6 Å². The summed E-state index contributed by atoms with van der Waals surface area (Å²) in [5.41, 5.74) is 0.513. The molecule has 0 radical (unpaired) electrons. The van der Waals surface area contributed by atoms with Gasteiger partial charge in [0.25, 0.3) is 15.9 Å². The number of amides is 1. The molecular weight excluding hydrogens is 526 g/mol. The molecule has 1 aromatic carbocycles. The predicted octanol–water partition coefficient (Wildman–Crippen LogP) is 3.91. The van der Waals surface area contributed by atoms with Gasteiger partial charge in [0.2, 0.25) is 0 Å². The number of sulfonamides is 1. The summed E-state index contributed by atoms with van der Waals surface area (Å²) in [6.07, 6.45) is 2.36. The van der Waals surface area contributed by atoms with Crippen LogP contribution in [0.2, 0.25) is 0 Å². The molecule has 1 aliphatic rings. The van der Waals surface area contributed by atoms with Crippen molar-refractivity contribution in [3.8, 4) is 5.75 Å². The largest absolute Gasteiger partial charge is 0.490 e. The molecule has 0 aliphatic carbocycles. The van der Waals surface area contributed by atoms with Gasteiger partial charge < -0.3 is 24.4 Å². The van der Waals surface area contributed by atoms with Crippen LogP contribution in [0.3, 0.4) is 0 Å². The molecule has 0 bridgehead atoms. The van der Waals surface area contributed by atoms with Crippen LogP contribution < -0.4 is 9.46 Å². The molecule has 2 heterocycles. The Bertz CT molecular complexity index is 1140. The minimum absolute atomic E-state index is 0.0119. The molecular formula is C27H41N3O6S2. The quantitative estimate of drug-likeness (QED) is 0.522. The van der Waals surface area contributed by atoms with Gasteiger partial charge in [-0.3, -0.25) is 9.52 Å². The third-order valence-corrected chi connectivity index (χ3v) is 9.39. The minimum Gasteiger partial charge on any atom is -0.490 e. The van der Waals surface area contributed by atoms with E-state index in [1.54, 1.807) is 35.4 Å². The number of nitrogens with one attached hydrogen (secondary N) is 1. The number of anilines is 1. The molecule has 1 amide bonds. The maximum Gasteiger partial charge on any atom is 0.271 e. The van der Waals surface area contributed by atoms with Crippen LogP contribution in [0.15, 0.2) is 39.9 Å². The number of likely N-dealkylation sites (N-methyl/N-ethyl adjacent to an activating group) is 1. The van der Waals surface area contributed by atoms with Gasteiger partial charge in [-0.2, -0.15) is 0 Å². The lowest BCUT2D eigenvalue weighted by atomic mass is 10.0. The molecule has 9 nitrogen and oxygen atoms in total. The van der Waals surface area contributed by atoms with Crippen molar-refractivity contribution < 1.29 is 27.8 Å². The van der Waals surface area contributed by atoms with E-state index in [9.17, 15) is 18.3 Å². The average molecular weight is 568 g/mol. The van der Waals surface area contributed by atoms with E-state index in [-0.39, 0.29) is 46.1 Å². The van der Waals surface area contributed by atoms with Crippen LogP contribution in [0.5, 0.6) is 5.75 Å². The first-order valence-electron chi connectivity index (χ1n) is 13.1. The Labute approximate surface area is 230 Å². The van der Waals surface area contributed by atoms with Crippen molar-refractivity contribution in [1.29, 1.82) is 0 Å². The fraction of sp³-hybridized carbons (Fsp3) is 0.593. The second-order valence-electron chi connectivity index (χ2n) is 10.3. The Morgan fingerprint density at radius 1 is 1.24 bits per heavy atom. The molecule has 212 valence electrons. The third-order valence-electron chi connectivity index (χ3n) is 6.61. The van der Waals surface area contributed by atoms with E-state index in [1.807, 2.05) is 21.0 Å². The molecule has 38 heavy (non-hydrogen) atoms. The van der Waals surface area contributed by atoms with Crippen LogP contribution >= 0.6 is 11.3 Å². The number of aliphatic hydroxyl groups is 1. The minimum atomic E-state index is -3.79. The highest BCUT2D eigenvalue weighted by molar-refractivity contribution is 7.94. The zero-order valence-corrected chi connectivity index (χ0v) is 24.6. The molecule has 2 aromatic rings.